The van der Waals surface area contributed by atoms with Gasteiger partial charge < -0.3 is 15.5 Å². The van der Waals surface area contributed by atoms with E-state index in [1.807, 2.05) is 55.6 Å². The summed E-state index contributed by atoms with van der Waals surface area (Å²) in [6, 6.07) is 13.7. The Kier molecular flexibility index (Phi) is 7.23. The van der Waals surface area contributed by atoms with Crippen molar-refractivity contribution in [3.8, 4) is 0 Å². The van der Waals surface area contributed by atoms with Crippen LogP contribution in [0.5, 0.6) is 0 Å². The Bertz CT molecular complexity index is 1100. The molecule has 178 valence electrons. The molecule has 1 aromatic carbocycles. The van der Waals surface area contributed by atoms with E-state index in [0.717, 1.165) is 36.3 Å². The van der Waals surface area contributed by atoms with Crippen LogP contribution in [0.3, 0.4) is 0 Å². The van der Waals surface area contributed by atoms with E-state index in [2.05, 4.69) is 27.6 Å². The van der Waals surface area contributed by atoms with Gasteiger partial charge >= 0.3 is 6.03 Å². The zero-order valence-electron chi connectivity index (χ0n) is 19.8. The van der Waals surface area contributed by atoms with Crippen LogP contribution in [0.4, 0.5) is 10.5 Å². The number of aromatic nitrogens is 1. The molecule has 1 unspecified atom stereocenters. The summed E-state index contributed by atoms with van der Waals surface area (Å²) >= 11 is 5.68. The first kappa shape index (κ1) is 23.8. The molecule has 2 aliphatic rings. The highest BCUT2D eigenvalue weighted by Crippen LogP contribution is 2.24. The summed E-state index contributed by atoms with van der Waals surface area (Å²) in [6.07, 6.45) is 3.94. The zero-order chi connectivity index (χ0) is 24.2. The molecule has 4 rings (SSSR count). The van der Waals surface area contributed by atoms with Gasteiger partial charge in [-0.25, -0.2) is 4.79 Å². The summed E-state index contributed by atoms with van der Waals surface area (Å²) in [5.41, 5.74) is 3.31. The van der Waals surface area contributed by atoms with Crippen molar-refractivity contribution in [1.29, 1.82) is 5.41 Å². The SMILES string of the molecule is Cc1ccc(CN/C(Nc2ccccc2)=C2\C(=N)N(CC3CCCN3C)C(=O)N(C)C2=S)cn1. The number of urea groups is 1. The standard InChI is InChI=1S/C25H31N7OS/c1-17-11-12-18(14-27-17)15-28-23(29-19-8-5-4-6-9-19)21-22(26)32(25(33)31(3)24(21)34)16-20-10-7-13-30(20)2/h4-6,8-9,11-12,14,20,26,28-29H,7,10,13,15-16H2,1-3H3/b23-21-,26-22?. The van der Waals surface area contributed by atoms with Crippen LogP contribution in [0.15, 0.2) is 60.1 Å². The number of nitrogens with one attached hydrogen (secondary N) is 3. The average molecular weight is 478 g/mol. The summed E-state index contributed by atoms with van der Waals surface area (Å²) in [4.78, 5) is 23.1. The maximum atomic E-state index is 13.1. The lowest BCUT2D eigenvalue weighted by molar-refractivity contribution is 0.189. The van der Waals surface area contributed by atoms with Gasteiger partial charge in [0.05, 0.1) is 5.57 Å². The highest BCUT2D eigenvalue weighted by molar-refractivity contribution is 7.80. The number of nitrogens with zero attached hydrogens (tertiary/aromatic N) is 4. The van der Waals surface area contributed by atoms with E-state index in [1.54, 1.807) is 11.9 Å². The third kappa shape index (κ3) is 5.10. The highest BCUT2D eigenvalue weighted by Gasteiger charge is 2.39. The van der Waals surface area contributed by atoms with Gasteiger partial charge in [0.25, 0.3) is 0 Å². The van der Waals surface area contributed by atoms with Gasteiger partial charge in [0.15, 0.2) is 0 Å². The number of benzene rings is 1. The van der Waals surface area contributed by atoms with Gasteiger partial charge in [0, 0.05) is 43.8 Å². The van der Waals surface area contributed by atoms with E-state index in [4.69, 9.17) is 17.6 Å². The number of hydrogen-bond acceptors (Lipinski definition) is 7. The summed E-state index contributed by atoms with van der Waals surface area (Å²) in [5.74, 6) is 0.701. The van der Waals surface area contributed by atoms with Crippen LogP contribution < -0.4 is 10.6 Å². The van der Waals surface area contributed by atoms with Gasteiger partial charge in [-0.3, -0.25) is 20.2 Å². The number of thiocarbonyl (C=S) groups is 1. The van der Waals surface area contributed by atoms with Crippen LogP contribution in [0.2, 0.25) is 0 Å². The van der Waals surface area contributed by atoms with Crippen LogP contribution in [-0.2, 0) is 6.54 Å². The first-order valence-corrected chi connectivity index (χ1v) is 11.9. The van der Waals surface area contributed by atoms with Gasteiger partial charge in [0.1, 0.15) is 16.6 Å². The number of rotatable bonds is 7. The lowest BCUT2D eigenvalue weighted by Crippen LogP contribution is -2.57. The predicted molar refractivity (Wildman–Crippen MR) is 139 cm³/mol. The van der Waals surface area contributed by atoms with Crippen molar-refractivity contribution in [3.63, 3.8) is 0 Å². The molecule has 0 spiro atoms. The molecule has 0 bridgehead atoms. The van der Waals surface area contributed by atoms with E-state index in [9.17, 15) is 4.79 Å². The number of amides is 2. The number of carbonyl (C=O) groups excluding carboxylic acids is 1. The van der Waals surface area contributed by atoms with Crippen LogP contribution in [-0.4, -0.2) is 69.8 Å². The third-order valence-electron chi connectivity index (χ3n) is 6.34. The van der Waals surface area contributed by atoms with E-state index in [1.165, 1.54) is 4.90 Å². The maximum Gasteiger partial charge on any atom is 0.330 e. The average Bonchev–Trinajstić information content (AvgIpc) is 3.25. The monoisotopic (exact) mass is 477 g/mol. The van der Waals surface area contributed by atoms with Gasteiger partial charge in [-0.1, -0.05) is 36.5 Å². The number of likely N-dealkylation sites (N-methyl/N-ethyl adjacent to an activating group) is 2. The van der Waals surface area contributed by atoms with Crippen LogP contribution in [0.25, 0.3) is 0 Å². The molecule has 1 aromatic heterocycles. The zero-order valence-corrected chi connectivity index (χ0v) is 20.7. The Balaban J connectivity index is 1.68. The van der Waals surface area contributed by atoms with Crippen molar-refractivity contribution in [2.24, 2.45) is 0 Å². The molecular formula is C25H31N7OS. The minimum atomic E-state index is -0.263. The molecule has 2 aromatic rings. The number of hydrogen-bond donors (Lipinski definition) is 3. The fraction of sp³-hybridized carbons (Fsp3) is 0.360. The fourth-order valence-electron chi connectivity index (χ4n) is 4.24. The summed E-state index contributed by atoms with van der Waals surface area (Å²) in [6.45, 7) is 3.91. The topological polar surface area (TPSA) is 87.6 Å². The number of likely N-dealkylation sites (tertiary alicyclic amines) is 1. The molecule has 3 heterocycles. The summed E-state index contributed by atoms with van der Waals surface area (Å²) in [5, 5.41) is 15.8. The van der Waals surface area contributed by atoms with Crippen LogP contribution in [0, 0.1) is 12.3 Å². The molecule has 0 saturated carbocycles. The Morgan fingerprint density at radius 1 is 1.21 bits per heavy atom. The van der Waals surface area contributed by atoms with E-state index < -0.39 is 0 Å². The Labute approximate surface area is 206 Å². The number of amidine groups is 1. The smallest absolute Gasteiger partial charge is 0.330 e. The lowest BCUT2D eigenvalue weighted by atomic mass is 10.1. The number of anilines is 1. The van der Waals surface area contributed by atoms with Crippen LogP contribution in [0.1, 0.15) is 24.1 Å². The molecule has 9 heteroatoms. The maximum absolute atomic E-state index is 13.1. The molecule has 2 saturated heterocycles. The van der Waals surface area contributed by atoms with Gasteiger partial charge in [-0.05, 0) is 57.1 Å². The molecule has 2 amide bonds. The van der Waals surface area contributed by atoms with E-state index in [-0.39, 0.29) is 17.9 Å². The van der Waals surface area contributed by atoms with Crippen molar-refractivity contribution >= 4 is 34.8 Å². The molecule has 2 fully saturated rings. The molecule has 2 aliphatic heterocycles. The first-order chi connectivity index (χ1) is 16.3. The fourth-order valence-corrected chi connectivity index (χ4v) is 4.51. The second-order valence-electron chi connectivity index (χ2n) is 8.79. The molecule has 8 nitrogen and oxygen atoms in total. The molecular weight excluding hydrogens is 446 g/mol. The predicted octanol–water partition coefficient (Wildman–Crippen LogP) is 3.57. The second kappa shape index (κ2) is 10.3. The normalized spacial score (nSPS) is 20.7. The van der Waals surface area contributed by atoms with Gasteiger partial charge in [-0.15, -0.1) is 0 Å². The van der Waals surface area contributed by atoms with Crippen molar-refractivity contribution in [2.75, 3.05) is 32.5 Å². The largest absolute Gasteiger partial charge is 0.367 e. The van der Waals surface area contributed by atoms with Crippen molar-refractivity contribution in [1.82, 2.24) is 25.0 Å². The summed E-state index contributed by atoms with van der Waals surface area (Å²) < 4.78 is 0. The summed E-state index contributed by atoms with van der Waals surface area (Å²) in [7, 11) is 3.74. The number of aryl methyl sites for hydroxylation is 1. The molecule has 3 N–H and O–H groups in total. The van der Waals surface area contributed by atoms with Gasteiger partial charge in [-0.2, -0.15) is 0 Å². The van der Waals surface area contributed by atoms with Crippen molar-refractivity contribution in [2.45, 2.75) is 32.4 Å². The Morgan fingerprint density at radius 3 is 2.62 bits per heavy atom. The molecule has 34 heavy (non-hydrogen) atoms. The van der Waals surface area contributed by atoms with Crippen molar-refractivity contribution < 1.29 is 4.79 Å². The van der Waals surface area contributed by atoms with Crippen molar-refractivity contribution in [3.05, 3.63) is 71.3 Å². The van der Waals surface area contributed by atoms with Crippen LogP contribution >= 0.6 is 12.2 Å². The van der Waals surface area contributed by atoms with Gasteiger partial charge in [0.2, 0.25) is 0 Å². The minimum absolute atomic E-state index is 0.112. The van der Waals surface area contributed by atoms with E-state index >= 15 is 0 Å². The number of carbonyl (C=O) groups is 1. The third-order valence-corrected chi connectivity index (χ3v) is 6.82. The number of pyridine rings is 1. The quantitative estimate of drug-likeness (QED) is 0.418. The minimum Gasteiger partial charge on any atom is -0.367 e. The highest BCUT2D eigenvalue weighted by atomic mass is 32.1. The lowest BCUT2D eigenvalue weighted by Gasteiger charge is -2.38. The Hall–Kier alpha value is -3.30. The Morgan fingerprint density at radius 2 is 1.97 bits per heavy atom. The number of para-hydroxylation sites is 1. The molecule has 0 aliphatic carbocycles. The molecule has 0 radical (unpaired) electrons. The first-order valence-electron chi connectivity index (χ1n) is 11.5. The molecule has 1 atom stereocenters. The second-order valence-corrected chi connectivity index (χ2v) is 9.17. The van der Waals surface area contributed by atoms with E-state index in [0.29, 0.717) is 29.5 Å².